The van der Waals surface area contributed by atoms with Crippen molar-refractivity contribution in [1.29, 1.82) is 0 Å². The zero-order valence-corrected chi connectivity index (χ0v) is 23.1. The van der Waals surface area contributed by atoms with Crippen molar-refractivity contribution in [3.05, 3.63) is 11.6 Å². The number of amides is 1. The second-order valence-corrected chi connectivity index (χ2v) is 12.5. The molecule has 0 aromatic rings. The Bertz CT molecular complexity index is 1150. The lowest BCUT2D eigenvalue weighted by atomic mass is 9.46. The normalized spacial score (nSPS) is 35.3. The first-order chi connectivity index (χ1) is 18.7. The number of Topliss-reactive ketones (excluding diaryl/α,β-unsaturated/α-hetero) is 1. The van der Waals surface area contributed by atoms with Crippen LogP contribution in [0.2, 0.25) is 0 Å². The Balaban J connectivity index is 1.33. The fourth-order valence-corrected chi connectivity index (χ4v) is 8.23. The van der Waals surface area contributed by atoms with E-state index in [0.717, 1.165) is 25.7 Å². The highest BCUT2D eigenvalue weighted by molar-refractivity contribution is 5.92. The predicted octanol–water partition coefficient (Wildman–Crippen LogP) is 2.19. The Morgan fingerprint density at radius 1 is 1.00 bits per heavy atom. The zero-order valence-electron chi connectivity index (χ0n) is 23.1. The van der Waals surface area contributed by atoms with Crippen LogP contribution < -0.4 is 5.32 Å². The second kappa shape index (κ2) is 11.1. The number of hydrogen-bond acceptors (Lipinski definition) is 8. The lowest BCUT2D eigenvalue weighted by molar-refractivity contribution is -0.170. The van der Waals surface area contributed by atoms with Gasteiger partial charge in [-0.25, -0.2) is 4.79 Å². The Labute approximate surface area is 232 Å². The summed E-state index contributed by atoms with van der Waals surface area (Å²) in [6.07, 6.45) is 5.85. The number of esters is 1. The van der Waals surface area contributed by atoms with Gasteiger partial charge in [-0.1, -0.05) is 19.4 Å². The maximum absolute atomic E-state index is 13.3. The third-order valence-corrected chi connectivity index (χ3v) is 10.5. The van der Waals surface area contributed by atoms with Gasteiger partial charge in [-0.3, -0.25) is 24.0 Å². The number of nitrogens with one attached hydrogen (secondary N) is 1. The van der Waals surface area contributed by atoms with Crippen LogP contribution in [0.4, 0.5) is 0 Å². The number of aliphatic carboxylic acids is 2. The molecule has 4 N–H and O–H groups in total. The molecule has 0 saturated heterocycles. The molecule has 0 bridgehead atoms. The van der Waals surface area contributed by atoms with E-state index in [2.05, 4.69) is 6.92 Å². The van der Waals surface area contributed by atoms with Crippen LogP contribution in [0, 0.1) is 28.6 Å². The molecule has 3 saturated carbocycles. The van der Waals surface area contributed by atoms with E-state index in [9.17, 15) is 33.9 Å². The number of ether oxygens (including phenoxy) is 1. The van der Waals surface area contributed by atoms with Crippen LogP contribution in [0.3, 0.4) is 0 Å². The molecule has 11 heteroatoms. The van der Waals surface area contributed by atoms with Crippen LogP contribution in [0.15, 0.2) is 11.6 Å². The van der Waals surface area contributed by atoms with Gasteiger partial charge in [0.05, 0.1) is 12.8 Å². The molecule has 3 fully saturated rings. The van der Waals surface area contributed by atoms with Gasteiger partial charge in [0.15, 0.2) is 12.4 Å². The van der Waals surface area contributed by atoms with Gasteiger partial charge in [0.1, 0.15) is 11.6 Å². The van der Waals surface area contributed by atoms with Crippen molar-refractivity contribution in [3.8, 4) is 0 Å². The van der Waals surface area contributed by atoms with Gasteiger partial charge in [-0.05, 0) is 74.2 Å². The number of aliphatic hydroxyl groups is 1. The molecule has 0 radical (unpaired) electrons. The van der Waals surface area contributed by atoms with Crippen molar-refractivity contribution in [2.24, 2.45) is 28.6 Å². The van der Waals surface area contributed by atoms with Crippen molar-refractivity contribution in [2.75, 3.05) is 6.61 Å². The first-order valence-electron chi connectivity index (χ1n) is 14.1. The summed E-state index contributed by atoms with van der Waals surface area (Å²) >= 11 is 0. The van der Waals surface area contributed by atoms with Gasteiger partial charge in [0.25, 0.3) is 0 Å². The molecular formula is C29H39NO10. The van der Waals surface area contributed by atoms with E-state index < -0.39 is 72.5 Å². The van der Waals surface area contributed by atoms with Crippen LogP contribution in [0.25, 0.3) is 0 Å². The van der Waals surface area contributed by atoms with Gasteiger partial charge in [0.2, 0.25) is 11.7 Å². The number of carbonyl (C=O) groups is 6. The minimum Gasteiger partial charge on any atom is -0.481 e. The van der Waals surface area contributed by atoms with Crippen molar-refractivity contribution < 1.29 is 48.8 Å². The molecule has 1 amide bonds. The lowest BCUT2D eigenvalue weighted by Gasteiger charge is -2.58. The predicted molar refractivity (Wildman–Crippen MR) is 139 cm³/mol. The molecule has 4 rings (SSSR count). The third kappa shape index (κ3) is 5.32. The first-order valence-corrected chi connectivity index (χ1v) is 14.1. The average molecular weight is 562 g/mol. The Hall–Kier alpha value is -3.08. The number of carboxylic acids is 2. The van der Waals surface area contributed by atoms with Crippen molar-refractivity contribution in [3.63, 3.8) is 0 Å². The van der Waals surface area contributed by atoms with Gasteiger partial charge < -0.3 is 25.4 Å². The van der Waals surface area contributed by atoms with Crippen LogP contribution in [0.5, 0.6) is 0 Å². The van der Waals surface area contributed by atoms with E-state index in [1.807, 2.05) is 18.3 Å². The van der Waals surface area contributed by atoms with Gasteiger partial charge in [-0.2, -0.15) is 0 Å². The number of ketones is 2. The molecule has 0 unspecified atom stereocenters. The summed E-state index contributed by atoms with van der Waals surface area (Å²) in [5.41, 5.74) is -1.07. The molecule has 11 nitrogen and oxygen atoms in total. The number of carboxylic acid groups (broad SMARTS) is 2. The minimum atomic E-state index is -1.63. The standard InChI is InChI=1S/C29H39NO10/c1-27-10-7-17(31)13-16(27)3-4-18-19(27)8-11-28(2)20(18)9-12-29(28,39)22(32)15-40-25(36)6-5-23(33)30-21(26(37)38)14-24(34)35/h13,18-21,39H,3-12,14-15H2,1-2H3,(H,30,33)(H,34,35)(H,37,38)/t18-,19+,20+,21-,27+,28+,29+/m1/s1. The molecule has 4 aliphatic carbocycles. The van der Waals surface area contributed by atoms with E-state index in [4.69, 9.17) is 14.9 Å². The highest BCUT2D eigenvalue weighted by Crippen LogP contribution is 2.67. The van der Waals surface area contributed by atoms with E-state index >= 15 is 0 Å². The molecular weight excluding hydrogens is 522 g/mol. The van der Waals surface area contributed by atoms with Crippen molar-refractivity contribution >= 4 is 35.4 Å². The van der Waals surface area contributed by atoms with Gasteiger partial charge in [-0.15, -0.1) is 0 Å². The quantitative estimate of drug-likeness (QED) is 0.288. The monoisotopic (exact) mass is 561 g/mol. The van der Waals surface area contributed by atoms with Crippen molar-refractivity contribution in [1.82, 2.24) is 5.32 Å². The Kier molecular flexibility index (Phi) is 8.27. The summed E-state index contributed by atoms with van der Waals surface area (Å²) < 4.78 is 5.10. The smallest absolute Gasteiger partial charge is 0.326 e. The topological polar surface area (TPSA) is 184 Å². The molecule has 0 heterocycles. The number of hydrogen-bond donors (Lipinski definition) is 4. The number of allylic oxidation sites excluding steroid dienone is 1. The van der Waals surface area contributed by atoms with Gasteiger partial charge in [0, 0.05) is 18.3 Å². The minimum absolute atomic E-state index is 0.0250. The maximum atomic E-state index is 13.3. The molecule has 7 atom stereocenters. The fourth-order valence-electron chi connectivity index (χ4n) is 8.23. The molecule has 0 aromatic carbocycles. The highest BCUT2D eigenvalue weighted by Gasteiger charge is 2.66. The Morgan fingerprint density at radius 2 is 1.70 bits per heavy atom. The molecule has 0 aliphatic heterocycles. The highest BCUT2D eigenvalue weighted by atomic mass is 16.5. The first kappa shape index (κ1) is 29.9. The SMILES string of the molecule is C[C@]12CCC(=O)C=C1CC[C@@H]1[C@@H]2CC[C@@]2(C)[C@H]1CC[C@]2(O)C(=O)COC(=O)CCC(=O)N[C@H](CC(=O)O)C(=O)O. The number of carbonyl (C=O) groups excluding carboxylic acids is 4. The van der Waals surface area contributed by atoms with Gasteiger partial charge >= 0.3 is 17.9 Å². The van der Waals surface area contributed by atoms with E-state index in [-0.39, 0.29) is 23.5 Å². The van der Waals surface area contributed by atoms with E-state index in [0.29, 0.717) is 31.1 Å². The number of fused-ring (bicyclic) bond motifs is 5. The summed E-state index contributed by atoms with van der Waals surface area (Å²) in [5, 5.41) is 31.5. The second-order valence-electron chi connectivity index (χ2n) is 12.5. The van der Waals surface area contributed by atoms with Crippen LogP contribution in [0.1, 0.15) is 84.5 Å². The molecule has 220 valence electrons. The van der Waals surface area contributed by atoms with E-state index in [1.165, 1.54) is 5.57 Å². The molecule has 0 spiro atoms. The summed E-state index contributed by atoms with van der Waals surface area (Å²) in [4.78, 5) is 71.4. The number of rotatable bonds is 10. The van der Waals surface area contributed by atoms with Crippen LogP contribution >= 0.6 is 0 Å². The summed E-state index contributed by atoms with van der Waals surface area (Å²) in [6.45, 7) is 3.61. The van der Waals surface area contributed by atoms with Crippen LogP contribution in [-0.2, 0) is 33.5 Å². The average Bonchev–Trinajstić information content (AvgIpc) is 3.17. The lowest BCUT2D eigenvalue weighted by Crippen LogP contribution is -2.58. The van der Waals surface area contributed by atoms with Crippen molar-refractivity contribution in [2.45, 2.75) is 96.1 Å². The molecule has 4 aliphatic rings. The largest absolute Gasteiger partial charge is 0.481 e. The van der Waals surface area contributed by atoms with Crippen LogP contribution in [-0.4, -0.2) is 69.0 Å². The fraction of sp³-hybridized carbons (Fsp3) is 0.724. The third-order valence-electron chi connectivity index (χ3n) is 10.5. The summed E-state index contributed by atoms with van der Waals surface area (Å²) in [5.74, 6) is -4.08. The zero-order chi connectivity index (χ0) is 29.5. The summed E-state index contributed by atoms with van der Waals surface area (Å²) in [6, 6.07) is -1.63. The molecule has 40 heavy (non-hydrogen) atoms. The van der Waals surface area contributed by atoms with E-state index in [1.54, 1.807) is 0 Å². The maximum Gasteiger partial charge on any atom is 0.326 e. The summed E-state index contributed by atoms with van der Waals surface area (Å²) in [7, 11) is 0. The Morgan fingerprint density at radius 3 is 2.38 bits per heavy atom. The molecule has 0 aromatic heterocycles.